The second-order valence-electron chi connectivity index (χ2n) is 4.44. The van der Waals surface area contributed by atoms with E-state index < -0.39 is 0 Å². The van der Waals surface area contributed by atoms with E-state index >= 15 is 0 Å². The molecule has 2 rings (SSSR count). The summed E-state index contributed by atoms with van der Waals surface area (Å²) < 4.78 is 1.13. The van der Waals surface area contributed by atoms with Crippen molar-refractivity contribution in [2.24, 2.45) is 0 Å². The quantitative estimate of drug-likeness (QED) is 0.817. The van der Waals surface area contributed by atoms with Crippen molar-refractivity contribution in [3.8, 4) is 0 Å². The highest BCUT2D eigenvalue weighted by Gasteiger charge is 2.07. The van der Waals surface area contributed by atoms with Crippen molar-refractivity contribution < 1.29 is 0 Å². The van der Waals surface area contributed by atoms with Gasteiger partial charge >= 0.3 is 0 Å². The van der Waals surface area contributed by atoms with E-state index in [1.807, 2.05) is 18.2 Å². The zero-order valence-corrected chi connectivity index (χ0v) is 11.2. The molecule has 2 aromatic rings. The van der Waals surface area contributed by atoms with E-state index in [4.69, 9.17) is 5.73 Å². The van der Waals surface area contributed by atoms with Crippen LogP contribution in [0.4, 0.5) is 10.8 Å². The summed E-state index contributed by atoms with van der Waals surface area (Å²) >= 11 is 1.64. The van der Waals surface area contributed by atoms with E-state index in [1.54, 1.807) is 11.3 Å². The highest BCUT2D eigenvalue weighted by Crippen LogP contribution is 2.27. The van der Waals surface area contributed by atoms with Crippen LogP contribution in [0.3, 0.4) is 0 Å². The number of nitrogen functional groups attached to an aromatic ring is 1. The average Bonchev–Trinajstić information content (AvgIpc) is 2.67. The molecule has 17 heavy (non-hydrogen) atoms. The average molecular weight is 250 g/mol. The third kappa shape index (κ3) is 2.87. The maximum atomic E-state index is 5.75. The Balaban J connectivity index is 2.09. The SMILES string of the molecule is CC(CNc1nc2ccc(N)cc2s1)N(C)C. The number of fused-ring (bicyclic) bond motifs is 1. The van der Waals surface area contributed by atoms with E-state index in [0.717, 1.165) is 27.6 Å². The lowest BCUT2D eigenvalue weighted by molar-refractivity contribution is 0.326. The lowest BCUT2D eigenvalue weighted by Gasteiger charge is -2.19. The lowest BCUT2D eigenvalue weighted by atomic mass is 10.3. The van der Waals surface area contributed by atoms with Crippen LogP contribution in [-0.2, 0) is 0 Å². The number of nitrogens with two attached hydrogens (primary N) is 1. The summed E-state index contributed by atoms with van der Waals surface area (Å²) in [5.41, 5.74) is 7.54. The molecule has 0 spiro atoms. The van der Waals surface area contributed by atoms with E-state index in [1.165, 1.54) is 0 Å². The highest BCUT2D eigenvalue weighted by atomic mass is 32.1. The molecule has 0 aliphatic heterocycles. The van der Waals surface area contributed by atoms with Gasteiger partial charge in [0.25, 0.3) is 0 Å². The van der Waals surface area contributed by atoms with Crippen molar-refractivity contribution in [3.05, 3.63) is 18.2 Å². The van der Waals surface area contributed by atoms with Gasteiger partial charge < -0.3 is 16.0 Å². The Morgan fingerprint density at radius 3 is 2.94 bits per heavy atom. The third-order valence-corrected chi connectivity index (χ3v) is 3.82. The number of nitrogens with one attached hydrogen (secondary N) is 1. The summed E-state index contributed by atoms with van der Waals surface area (Å²) in [7, 11) is 4.15. The highest BCUT2D eigenvalue weighted by molar-refractivity contribution is 7.22. The predicted molar refractivity (Wildman–Crippen MR) is 75.7 cm³/mol. The van der Waals surface area contributed by atoms with Crippen molar-refractivity contribution in [2.75, 3.05) is 31.7 Å². The molecule has 0 radical (unpaired) electrons. The van der Waals surface area contributed by atoms with Crippen molar-refractivity contribution in [1.29, 1.82) is 0 Å². The summed E-state index contributed by atoms with van der Waals surface area (Å²) in [5, 5.41) is 4.32. The normalized spacial score (nSPS) is 13.2. The molecular weight excluding hydrogens is 232 g/mol. The van der Waals surface area contributed by atoms with Gasteiger partial charge in [0, 0.05) is 18.3 Å². The van der Waals surface area contributed by atoms with Crippen LogP contribution in [0, 0.1) is 0 Å². The molecule has 0 amide bonds. The fourth-order valence-electron chi connectivity index (χ4n) is 1.43. The summed E-state index contributed by atoms with van der Waals surface area (Å²) in [6, 6.07) is 6.29. The topological polar surface area (TPSA) is 54.2 Å². The number of nitrogens with zero attached hydrogens (tertiary/aromatic N) is 2. The molecule has 0 saturated carbocycles. The van der Waals surface area contributed by atoms with Crippen molar-refractivity contribution in [2.45, 2.75) is 13.0 Å². The Kier molecular flexibility index (Phi) is 3.49. The van der Waals surface area contributed by atoms with Gasteiger partial charge in [0.2, 0.25) is 0 Å². The predicted octanol–water partition coefficient (Wildman–Crippen LogP) is 2.24. The van der Waals surface area contributed by atoms with Crippen molar-refractivity contribution in [1.82, 2.24) is 9.88 Å². The molecule has 1 aromatic carbocycles. The smallest absolute Gasteiger partial charge is 0.183 e. The molecule has 0 fully saturated rings. The third-order valence-electron chi connectivity index (χ3n) is 2.84. The number of hydrogen-bond donors (Lipinski definition) is 2. The second-order valence-corrected chi connectivity index (χ2v) is 5.47. The van der Waals surface area contributed by atoms with Gasteiger partial charge in [0.1, 0.15) is 0 Å². The first-order valence-corrected chi connectivity index (χ1v) is 6.44. The molecule has 1 unspecified atom stereocenters. The van der Waals surface area contributed by atoms with Gasteiger partial charge in [-0.3, -0.25) is 0 Å². The molecule has 0 saturated heterocycles. The zero-order valence-electron chi connectivity index (χ0n) is 10.4. The Labute approximate surface area is 105 Å². The minimum Gasteiger partial charge on any atom is -0.399 e. The number of aromatic nitrogens is 1. The number of thiazole rings is 1. The summed E-state index contributed by atoms with van der Waals surface area (Å²) in [4.78, 5) is 6.70. The molecule has 5 heteroatoms. The first-order chi connectivity index (χ1) is 8.06. The standard InChI is InChI=1S/C12H18N4S/c1-8(16(2)3)7-14-12-15-10-5-4-9(13)6-11(10)17-12/h4-6,8H,7,13H2,1-3H3,(H,14,15). The number of hydrogen-bond acceptors (Lipinski definition) is 5. The fraction of sp³-hybridized carbons (Fsp3) is 0.417. The summed E-state index contributed by atoms with van der Waals surface area (Å²) in [6.07, 6.45) is 0. The Morgan fingerprint density at radius 2 is 2.24 bits per heavy atom. The number of anilines is 2. The van der Waals surface area contributed by atoms with Crippen LogP contribution in [-0.4, -0.2) is 36.6 Å². The van der Waals surface area contributed by atoms with Crippen LogP contribution in [0.15, 0.2) is 18.2 Å². The van der Waals surface area contributed by atoms with Crippen LogP contribution < -0.4 is 11.1 Å². The number of benzene rings is 1. The van der Waals surface area contributed by atoms with Crippen LogP contribution in [0.25, 0.3) is 10.2 Å². The molecule has 1 heterocycles. The minimum absolute atomic E-state index is 0.479. The zero-order chi connectivity index (χ0) is 12.4. The van der Waals surface area contributed by atoms with E-state index in [9.17, 15) is 0 Å². The van der Waals surface area contributed by atoms with E-state index in [0.29, 0.717) is 6.04 Å². The van der Waals surface area contributed by atoms with Gasteiger partial charge in [-0.25, -0.2) is 4.98 Å². The summed E-state index contributed by atoms with van der Waals surface area (Å²) in [5.74, 6) is 0. The molecule has 0 aliphatic carbocycles. The molecule has 1 aromatic heterocycles. The van der Waals surface area contributed by atoms with Gasteiger partial charge in [-0.2, -0.15) is 0 Å². The fourth-order valence-corrected chi connectivity index (χ4v) is 2.36. The maximum absolute atomic E-state index is 5.75. The Bertz CT molecular complexity index is 506. The van der Waals surface area contributed by atoms with Gasteiger partial charge in [-0.15, -0.1) is 0 Å². The summed E-state index contributed by atoms with van der Waals surface area (Å²) in [6.45, 7) is 3.07. The lowest BCUT2D eigenvalue weighted by Crippen LogP contribution is -2.31. The monoisotopic (exact) mass is 250 g/mol. The molecule has 0 aliphatic rings. The molecule has 0 bridgehead atoms. The van der Waals surface area contributed by atoms with Gasteiger partial charge in [-0.1, -0.05) is 11.3 Å². The molecule has 4 nitrogen and oxygen atoms in total. The van der Waals surface area contributed by atoms with Crippen LogP contribution in [0.2, 0.25) is 0 Å². The Morgan fingerprint density at radius 1 is 1.47 bits per heavy atom. The van der Waals surface area contributed by atoms with Crippen molar-refractivity contribution in [3.63, 3.8) is 0 Å². The van der Waals surface area contributed by atoms with Crippen LogP contribution in [0.1, 0.15) is 6.92 Å². The van der Waals surface area contributed by atoms with E-state index in [-0.39, 0.29) is 0 Å². The first kappa shape index (κ1) is 12.1. The van der Waals surface area contributed by atoms with Crippen LogP contribution >= 0.6 is 11.3 Å². The minimum atomic E-state index is 0.479. The molecule has 92 valence electrons. The van der Waals surface area contributed by atoms with Gasteiger partial charge in [-0.05, 0) is 39.2 Å². The Hall–Kier alpha value is -1.33. The molecule has 1 atom stereocenters. The second kappa shape index (κ2) is 4.89. The first-order valence-electron chi connectivity index (χ1n) is 5.62. The van der Waals surface area contributed by atoms with Gasteiger partial charge in [0.05, 0.1) is 10.2 Å². The van der Waals surface area contributed by atoms with Crippen molar-refractivity contribution >= 4 is 32.4 Å². The molecule has 3 N–H and O–H groups in total. The van der Waals surface area contributed by atoms with Gasteiger partial charge in [0.15, 0.2) is 5.13 Å². The number of rotatable bonds is 4. The number of likely N-dealkylation sites (N-methyl/N-ethyl adjacent to an activating group) is 1. The van der Waals surface area contributed by atoms with E-state index in [2.05, 4.69) is 36.2 Å². The maximum Gasteiger partial charge on any atom is 0.183 e. The molecular formula is C12H18N4S. The van der Waals surface area contributed by atoms with Crippen LogP contribution in [0.5, 0.6) is 0 Å². The largest absolute Gasteiger partial charge is 0.399 e.